The van der Waals surface area contributed by atoms with Crippen LogP contribution < -0.4 is 14.2 Å². The average molecular weight is 350 g/mol. The topological polar surface area (TPSA) is 51.2 Å². The number of nitrogens with zero attached hydrogens (tertiary/aromatic N) is 2. The number of hydrogen-bond donors (Lipinski definition) is 0. The molecule has 1 aromatic carbocycles. The highest BCUT2D eigenvalue weighted by Crippen LogP contribution is 2.38. The molecule has 140 valence electrons. The Morgan fingerprint density at radius 2 is 1.56 bits per heavy atom. The van der Waals surface area contributed by atoms with Crippen molar-refractivity contribution in [3.05, 3.63) is 17.7 Å². The zero-order valence-electron chi connectivity index (χ0n) is 16.0. The number of ether oxygens (including phenoxy) is 3. The van der Waals surface area contributed by atoms with Gasteiger partial charge in [0.25, 0.3) is 5.91 Å². The van der Waals surface area contributed by atoms with E-state index >= 15 is 0 Å². The number of benzene rings is 1. The van der Waals surface area contributed by atoms with E-state index < -0.39 is 0 Å². The summed E-state index contributed by atoms with van der Waals surface area (Å²) in [7, 11) is 4.66. The van der Waals surface area contributed by atoms with Gasteiger partial charge in [-0.15, -0.1) is 0 Å². The predicted molar refractivity (Wildman–Crippen MR) is 97.9 cm³/mol. The molecule has 0 aromatic heterocycles. The summed E-state index contributed by atoms with van der Waals surface area (Å²) in [6.45, 7) is 8.91. The van der Waals surface area contributed by atoms with Crippen LogP contribution in [-0.4, -0.2) is 69.8 Å². The number of carbonyl (C=O) groups is 1. The van der Waals surface area contributed by atoms with Crippen LogP contribution in [0, 0.1) is 5.92 Å². The van der Waals surface area contributed by atoms with Crippen LogP contribution in [0.2, 0.25) is 0 Å². The molecule has 6 nitrogen and oxygen atoms in total. The molecule has 1 aromatic rings. The number of hydrogen-bond acceptors (Lipinski definition) is 5. The lowest BCUT2D eigenvalue weighted by atomic mass is 10.1. The van der Waals surface area contributed by atoms with Crippen molar-refractivity contribution < 1.29 is 19.0 Å². The van der Waals surface area contributed by atoms with Crippen molar-refractivity contribution in [1.29, 1.82) is 0 Å². The summed E-state index contributed by atoms with van der Waals surface area (Å²) < 4.78 is 16.0. The maximum atomic E-state index is 12.9. The van der Waals surface area contributed by atoms with E-state index in [0.717, 1.165) is 32.7 Å². The van der Waals surface area contributed by atoms with Gasteiger partial charge in [-0.1, -0.05) is 13.8 Å². The molecular formula is C19H30N2O4. The first-order chi connectivity index (χ1) is 12.0. The van der Waals surface area contributed by atoms with Crippen LogP contribution in [0.15, 0.2) is 12.1 Å². The lowest BCUT2D eigenvalue weighted by Gasteiger charge is -2.35. The lowest BCUT2D eigenvalue weighted by molar-refractivity contribution is 0.0631. The predicted octanol–water partition coefficient (Wildman–Crippen LogP) is 2.52. The Labute approximate surface area is 150 Å². The van der Waals surface area contributed by atoms with Gasteiger partial charge in [0.1, 0.15) is 0 Å². The second-order valence-electron chi connectivity index (χ2n) is 6.73. The standard InChI is InChI=1S/C19H30N2O4/c1-14(2)6-7-20-8-10-21(11-9-20)19(22)15-12-16(23-3)18(25-5)17(13-15)24-4/h12-14H,6-11H2,1-5H3. The fourth-order valence-electron chi connectivity index (χ4n) is 3.00. The van der Waals surface area contributed by atoms with Gasteiger partial charge in [-0.3, -0.25) is 9.69 Å². The number of piperazine rings is 1. The van der Waals surface area contributed by atoms with Gasteiger partial charge in [0.15, 0.2) is 11.5 Å². The molecule has 0 bridgehead atoms. The molecule has 1 heterocycles. The van der Waals surface area contributed by atoms with Crippen LogP contribution in [0.25, 0.3) is 0 Å². The summed E-state index contributed by atoms with van der Waals surface area (Å²) in [5.74, 6) is 2.21. The fourth-order valence-corrected chi connectivity index (χ4v) is 3.00. The van der Waals surface area contributed by atoms with Crippen LogP contribution in [0.5, 0.6) is 17.2 Å². The van der Waals surface area contributed by atoms with Crippen molar-refractivity contribution >= 4 is 5.91 Å². The van der Waals surface area contributed by atoms with Crippen molar-refractivity contribution in [3.8, 4) is 17.2 Å². The van der Waals surface area contributed by atoms with Gasteiger partial charge in [0.05, 0.1) is 21.3 Å². The average Bonchev–Trinajstić information content (AvgIpc) is 2.64. The van der Waals surface area contributed by atoms with Crippen molar-refractivity contribution in [1.82, 2.24) is 9.80 Å². The minimum Gasteiger partial charge on any atom is -0.493 e. The van der Waals surface area contributed by atoms with Gasteiger partial charge >= 0.3 is 0 Å². The summed E-state index contributed by atoms with van der Waals surface area (Å²) >= 11 is 0. The van der Waals surface area contributed by atoms with E-state index in [4.69, 9.17) is 14.2 Å². The zero-order valence-corrected chi connectivity index (χ0v) is 16.0. The van der Waals surface area contributed by atoms with Crippen LogP contribution in [0.3, 0.4) is 0 Å². The van der Waals surface area contributed by atoms with Crippen LogP contribution in [0.4, 0.5) is 0 Å². The van der Waals surface area contributed by atoms with Crippen LogP contribution in [0.1, 0.15) is 30.6 Å². The molecule has 0 radical (unpaired) electrons. The molecule has 0 spiro atoms. The second-order valence-corrected chi connectivity index (χ2v) is 6.73. The Hall–Kier alpha value is -1.95. The number of methoxy groups -OCH3 is 3. The van der Waals surface area contributed by atoms with Crippen molar-refractivity contribution in [3.63, 3.8) is 0 Å². The van der Waals surface area contributed by atoms with Crippen molar-refractivity contribution in [2.45, 2.75) is 20.3 Å². The highest BCUT2D eigenvalue weighted by atomic mass is 16.5. The van der Waals surface area contributed by atoms with E-state index in [-0.39, 0.29) is 5.91 Å². The summed E-state index contributed by atoms with van der Waals surface area (Å²) in [5, 5.41) is 0. The SMILES string of the molecule is COc1cc(C(=O)N2CCN(CCC(C)C)CC2)cc(OC)c1OC. The first kappa shape index (κ1) is 19.4. The Morgan fingerprint density at radius 3 is 2.00 bits per heavy atom. The minimum atomic E-state index is 0.00256. The molecule has 6 heteroatoms. The normalized spacial score (nSPS) is 15.4. The van der Waals surface area contributed by atoms with E-state index in [1.165, 1.54) is 6.42 Å². The Balaban J connectivity index is 2.06. The quantitative estimate of drug-likeness (QED) is 0.756. The number of rotatable bonds is 7. The highest BCUT2D eigenvalue weighted by Gasteiger charge is 2.24. The molecule has 0 aliphatic carbocycles. The van der Waals surface area contributed by atoms with E-state index in [1.807, 2.05) is 4.90 Å². The van der Waals surface area contributed by atoms with Crippen LogP contribution in [-0.2, 0) is 0 Å². The van der Waals surface area contributed by atoms with Gasteiger partial charge in [0, 0.05) is 31.7 Å². The van der Waals surface area contributed by atoms with Gasteiger partial charge in [0.2, 0.25) is 5.75 Å². The Kier molecular flexibility index (Phi) is 6.93. The van der Waals surface area contributed by atoms with E-state index in [2.05, 4.69) is 18.7 Å². The Bertz CT molecular complexity index is 556. The minimum absolute atomic E-state index is 0.00256. The summed E-state index contributed by atoms with van der Waals surface area (Å²) in [4.78, 5) is 17.2. The third-order valence-corrected chi connectivity index (χ3v) is 4.59. The third-order valence-electron chi connectivity index (χ3n) is 4.59. The van der Waals surface area contributed by atoms with Crippen molar-refractivity contribution in [2.24, 2.45) is 5.92 Å². The van der Waals surface area contributed by atoms with Gasteiger partial charge in [-0.05, 0) is 31.0 Å². The molecule has 1 amide bonds. The maximum Gasteiger partial charge on any atom is 0.254 e. The van der Waals surface area contributed by atoms with E-state index in [0.29, 0.717) is 28.7 Å². The monoisotopic (exact) mass is 350 g/mol. The molecule has 1 fully saturated rings. The molecule has 0 saturated carbocycles. The molecule has 1 aliphatic rings. The first-order valence-electron chi connectivity index (χ1n) is 8.81. The second kappa shape index (κ2) is 8.94. The number of amides is 1. The maximum absolute atomic E-state index is 12.9. The molecular weight excluding hydrogens is 320 g/mol. The fraction of sp³-hybridized carbons (Fsp3) is 0.632. The largest absolute Gasteiger partial charge is 0.493 e. The highest BCUT2D eigenvalue weighted by molar-refractivity contribution is 5.95. The molecule has 0 N–H and O–H groups in total. The van der Waals surface area contributed by atoms with Gasteiger partial charge in [-0.25, -0.2) is 0 Å². The molecule has 1 saturated heterocycles. The molecule has 0 unspecified atom stereocenters. The summed E-state index contributed by atoms with van der Waals surface area (Å²) in [6, 6.07) is 3.43. The Morgan fingerprint density at radius 1 is 1.00 bits per heavy atom. The van der Waals surface area contributed by atoms with Crippen LogP contribution >= 0.6 is 0 Å². The van der Waals surface area contributed by atoms with E-state index in [1.54, 1.807) is 33.5 Å². The lowest BCUT2D eigenvalue weighted by Crippen LogP contribution is -2.49. The third kappa shape index (κ3) is 4.78. The first-order valence-corrected chi connectivity index (χ1v) is 8.81. The van der Waals surface area contributed by atoms with Gasteiger partial charge in [-0.2, -0.15) is 0 Å². The molecule has 1 aliphatic heterocycles. The molecule has 0 atom stereocenters. The van der Waals surface area contributed by atoms with Crippen molar-refractivity contribution in [2.75, 3.05) is 54.1 Å². The van der Waals surface area contributed by atoms with Gasteiger partial charge < -0.3 is 19.1 Å². The number of carbonyl (C=O) groups excluding carboxylic acids is 1. The summed E-state index contributed by atoms with van der Waals surface area (Å²) in [5.41, 5.74) is 0.560. The molecule has 2 rings (SSSR count). The smallest absolute Gasteiger partial charge is 0.254 e. The molecule has 25 heavy (non-hydrogen) atoms. The zero-order chi connectivity index (χ0) is 18.4. The van der Waals surface area contributed by atoms with E-state index in [9.17, 15) is 4.79 Å². The summed E-state index contributed by atoms with van der Waals surface area (Å²) in [6.07, 6.45) is 1.20.